The Bertz CT molecular complexity index is 548. The Morgan fingerprint density at radius 3 is 2.57 bits per heavy atom. The van der Waals surface area contributed by atoms with Crippen LogP contribution in [0.1, 0.15) is 43.2 Å². The number of benzene rings is 1. The monoisotopic (exact) mass is 309 g/mol. The molecule has 1 aromatic rings. The number of aryl methyl sites for hydroxylation is 1. The number of nitrogens with one attached hydrogen (secondary N) is 1. The van der Waals surface area contributed by atoms with Crippen molar-refractivity contribution in [3.63, 3.8) is 0 Å². The topological polar surface area (TPSA) is 46.2 Å². The van der Waals surface area contributed by atoms with Crippen molar-refractivity contribution in [1.82, 2.24) is 5.32 Å². The van der Waals surface area contributed by atoms with Crippen LogP contribution in [0.15, 0.2) is 24.3 Å². The van der Waals surface area contributed by atoms with Crippen LogP contribution in [0.4, 0.5) is 0 Å². The fourth-order valence-electron chi connectivity index (χ4n) is 3.38. The largest absolute Gasteiger partial charge is 0.316 e. The molecule has 0 heterocycles. The second-order valence-electron chi connectivity index (χ2n) is 6.34. The van der Waals surface area contributed by atoms with Crippen molar-refractivity contribution in [2.75, 3.05) is 12.8 Å². The van der Waals surface area contributed by atoms with Crippen molar-refractivity contribution >= 4 is 9.84 Å². The quantitative estimate of drug-likeness (QED) is 0.878. The van der Waals surface area contributed by atoms with Gasteiger partial charge < -0.3 is 5.32 Å². The predicted molar refractivity (Wildman–Crippen MR) is 88.1 cm³/mol. The van der Waals surface area contributed by atoms with Gasteiger partial charge in [-0.3, -0.25) is 0 Å². The summed E-state index contributed by atoms with van der Waals surface area (Å²) < 4.78 is 25.0. The molecule has 3 nitrogen and oxygen atoms in total. The molecule has 118 valence electrons. The van der Waals surface area contributed by atoms with E-state index in [1.165, 1.54) is 19.3 Å². The SMILES string of the molecule is CNC(CS(=O)(=O)Cc1cccc(C)c1)C1CCCCC1. The molecule has 1 atom stereocenters. The average Bonchev–Trinajstić information content (AvgIpc) is 2.45. The van der Waals surface area contributed by atoms with Crippen LogP contribution >= 0.6 is 0 Å². The lowest BCUT2D eigenvalue weighted by Gasteiger charge is -2.29. The third-order valence-electron chi connectivity index (χ3n) is 4.49. The van der Waals surface area contributed by atoms with E-state index in [4.69, 9.17) is 0 Å². The smallest absolute Gasteiger partial charge is 0.155 e. The number of hydrogen-bond donors (Lipinski definition) is 1. The molecule has 1 saturated carbocycles. The Kier molecular flexibility index (Phi) is 5.82. The second-order valence-corrected chi connectivity index (χ2v) is 8.45. The van der Waals surface area contributed by atoms with Crippen molar-refractivity contribution in [2.24, 2.45) is 5.92 Å². The van der Waals surface area contributed by atoms with E-state index >= 15 is 0 Å². The van der Waals surface area contributed by atoms with Crippen LogP contribution in [-0.4, -0.2) is 27.3 Å². The first-order valence-corrected chi connectivity index (χ1v) is 9.75. The molecule has 0 aliphatic heterocycles. The minimum atomic E-state index is -3.07. The summed E-state index contributed by atoms with van der Waals surface area (Å²) in [7, 11) is -1.18. The molecule has 1 unspecified atom stereocenters. The predicted octanol–water partition coefficient (Wildman–Crippen LogP) is 3.08. The van der Waals surface area contributed by atoms with Gasteiger partial charge in [0.15, 0.2) is 9.84 Å². The first kappa shape index (κ1) is 16.5. The normalized spacial score (nSPS) is 18.6. The van der Waals surface area contributed by atoms with Crippen molar-refractivity contribution < 1.29 is 8.42 Å². The third-order valence-corrected chi connectivity index (χ3v) is 6.13. The van der Waals surface area contributed by atoms with Gasteiger partial charge in [0.2, 0.25) is 0 Å². The molecule has 0 saturated heterocycles. The van der Waals surface area contributed by atoms with Crippen LogP contribution in [-0.2, 0) is 15.6 Å². The zero-order valence-corrected chi connectivity index (χ0v) is 14.0. The third kappa shape index (κ3) is 5.11. The lowest BCUT2D eigenvalue weighted by Crippen LogP contribution is -2.40. The van der Waals surface area contributed by atoms with Crippen LogP contribution < -0.4 is 5.32 Å². The van der Waals surface area contributed by atoms with Gasteiger partial charge in [-0.2, -0.15) is 0 Å². The molecule has 0 radical (unpaired) electrons. The van der Waals surface area contributed by atoms with Gasteiger partial charge in [-0.1, -0.05) is 49.1 Å². The van der Waals surface area contributed by atoms with Gasteiger partial charge in [-0.05, 0) is 38.3 Å². The zero-order valence-electron chi connectivity index (χ0n) is 13.1. The number of sulfone groups is 1. The summed E-state index contributed by atoms with van der Waals surface area (Å²) in [6.45, 7) is 1.99. The van der Waals surface area contributed by atoms with Gasteiger partial charge in [-0.15, -0.1) is 0 Å². The Hall–Kier alpha value is -0.870. The van der Waals surface area contributed by atoms with E-state index < -0.39 is 9.84 Å². The van der Waals surface area contributed by atoms with Crippen molar-refractivity contribution in [1.29, 1.82) is 0 Å². The van der Waals surface area contributed by atoms with Gasteiger partial charge >= 0.3 is 0 Å². The van der Waals surface area contributed by atoms with Crippen LogP contribution in [0, 0.1) is 12.8 Å². The maximum atomic E-state index is 12.5. The second kappa shape index (κ2) is 7.41. The van der Waals surface area contributed by atoms with E-state index in [9.17, 15) is 8.42 Å². The summed E-state index contributed by atoms with van der Waals surface area (Å²) in [5, 5.41) is 3.25. The van der Waals surface area contributed by atoms with E-state index in [0.717, 1.165) is 24.0 Å². The molecule has 21 heavy (non-hydrogen) atoms. The Morgan fingerprint density at radius 1 is 1.24 bits per heavy atom. The van der Waals surface area contributed by atoms with E-state index in [0.29, 0.717) is 5.92 Å². The molecule has 1 aliphatic carbocycles. The molecule has 0 aromatic heterocycles. The first-order valence-electron chi connectivity index (χ1n) is 7.93. The molecule has 1 fully saturated rings. The standard InChI is InChI=1S/C17H27NO2S/c1-14-7-6-8-15(11-14)12-21(19,20)13-17(18-2)16-9-4-3-5-10-16/h6-8,11,16-18H,3-5,9-10,12-13H2,1-2H3. The van der Waals surface area contributed by atoms with E-state index in [1.54, 1.807) is 0 Å². The molecular formula is C17H27NO2S. The van der Waals surface area contributed by atoms with Crippen LogP contribution in [0.2, 0.25) is 0 Å². The van der Waals surface area contributed by atoms with Crippen molar-refractivity contribution in [2.45, 2.75) is 50.8 Å². The maximum Gasteiger partial charge on any atom is 0.155 e. The van der Waals surface area contributed by atoms with Crippen LogP contribution in [0.25, 0.3) is 0 Å². The van der Waals surface area contributed by atoms with Crippen molar-refractivity contribution in [3.8, 4) is 0 Å². The first-order chi connectivity index (χ1) is 10.00. The highest BCUT2D eigenvalue weighted by Gasteiger charge is 2.27. The van der Waals surface area contributed by atoms with E-state index in [2.05, 4.69) is 5.32 Å². The molecule has 1 N–H and O–H groups in total. The summed E-state index contributed by atoms with van der Waals surface area (Å²) in [6, 6.07) is 7.89. The van der Waals surface area contributed by atoms with E-state index in [-0.39, 0.29) is 17.5 Å². The molecule has 4 heteroatoms. The molecular weight excluding hydrogens is 282 g/mol. The summed E-state index contributed by atoms with van der Waals surface area (Å²) in [5.74, 6) is 0.915. The molecule has 0 amide bonds. The van der Waals surface area contributed by atoms with Gasteiger partial charge in [0.1, 0.15) is 0 Å². The van der Waals surface area contributed by atoms with Gasteiger partial charge in [-0.25, -0.2) is 8.42 Å². The Labute approximate surface area is 129 Å². The minimum absolute atomic E-state index is 0.0973. The number of rotatable bonds is 6. The molecule has 1 aromatic carbocycles. The fourth-order valence-corrected chi connectivity index (χ4v) is 5.17. The van der Waals surface area contributed by atoms with Crippen molar-refractivity contribution in [3.05, 3.63) is 35.4 Å². The average molecular weight is 309 g/mol. The summed E-state index contributed by atoms with van der Waals surface area (Å²) in [6.07, 6.45) is 6.08. The highest BCUT2D eigenvalue weighted by molar-refractivity contribution is 7.90. The highest BCUT2D eigenvalue weighted by Crippen LogP contribution is 2.27. The Balaban J connectivity index is 2.01. The molecule has 2 rings (SSSR count). The van der Waals surface area contributed by atoms with Crippen LogP contribution in [0.5, 0.6) is 0 Å². The summed E-state index contributed by atoms with van der Waals surface area (Å²) in [4.78, 5) is 0. The molecule has 0 spiro atoms. The summed E-state index contributed by atoms with van der Waals surface area (Å²) in [5.41, 5.74) is 2.01. The van der Waals surface area contributed by atoms with E-state index in [1.807, 2.05) is 38.2 Å². The number of hydrogen-bond acceptors (Lipinski definition) is 3. The fraction of sp³-hybridized carbons (Fsp3) is 0.647. The van der Waals surface area contributed by atoms with Gasteiger partial charge in [0.25, 0.3) is 0 Å². The van der Waals surface area contributed by atoms with Crippen LogP contribution in [0.3, 0.4) is 0 Å². The highest BCUT2D eigenvalue weighted by atomic mass is 32.2. The zero-order chi connectivity index (χ0) is 15.3. The lowest BCUT2D eigenvalue weighted by atomic mass is 9.84. The van der Waals surface area contributed by atoms with Gasteiger partial charge in [0, 0.05) is 6.04 Å². The summed E-state index contributed by atoms with van der Waals surface area (Å²) >= 11 is 0. The minimum Gasteiger partial charge on any atom is -0.316 e. The maximum absolute atomic E-state index is 12.5. The van der Waals surface area contributed by atoms with Gasteiger partial charge in [0.05, 0.1) is 11.5 Å². The lowest BCUT2D eigenvalue weighted by molar-refractivity contribution is 0.292. The molecule has 1 aliphatic rings. The molecule has 0 bridgehead atoms. The Morgan fingerprint density at radius 2 is 1.95 bits per heavy atom.